The molecule has 10 nitrogen and oxygen atoms in total. The van der Waals surface area contributed by atoms with Gasteiger partial charge < -0.3 is 31.5 Å². The van der Waals surface area contributed by atoms with Gasteiger partial charge in [-0.05, 0) is 68.3 Å². The number of benzene rings is 2. The summed E-state index contributed by atoms with van der Waals surface area (Å²) >= 11 is 0. The van der Waals surface area contributed by atoms with Crippen molar-refractivity contribution in [2.45, 2.75) is 44.0 Å². The van der Waals surface area contributed by atoms with Crippen molar-refractivity contribution < 1.29 is 46.2 Å². The molecule has 0 saturated heterocycles. The van der Waals surface area contributed by atoms with Gasteiger partial charge in [0.1, 0.15) is 23.1 Å². The number of halogens is 5. The molecular weight excluding hydrogens is 593 g/mol. The van der Waals surface area contributed by atoms with E-state index in [1.54, 1.807) is 6.92 Å². The summed E-state index contributed by atoms with van der Waals surface area (Å²) in [5.41, 5.74) is -0.426. The fourth-order valence-corrected chi connectivity index (χ4v) is 4.25. The normalized spacial score (nSPS) is 14.3. The SMILES string of the molecule is CCOc1c(CC(N)=O)cc([C@@](O)(CNC(=O)c2cc(F)cc(NC(=O)NC3CC3)c2)C(F)(F)F)nc1-c1ccc(F)cc1. The van der Waals surface area contributed by atoms with Gasteiger partial charge in [-0.15, -0.1) is 0 Å². The second kappa shape index (κ2) is 12.8. The van der Waals surface area contributed by atoms with E-state index in [1.165, 1.54) is 12.1 Å². The van der Waals surface area contributed by atoms with Gasteiger partial charge in [-0.2, -0.15) is 13.2 Å². The third kappa shape index (κ3) is 7.58. The third-order valence-corrected chi connectivity index (χ3v) is 6.55. The fraction of sp³-hybridized carbons (Fsp3) is 0.310. The van der Waals surface area contributed by atoms with Crippen LogP contribution in [0.4, 0.5) is 32.4 Å². The van der Waals surface area contributed by atoms with Crippen LogP contribution < -0.4 is 26.4 Å². The van der Waals surface area contributed by atoms with E-state index in [0.29, 0.717) is 0 Å². The number of nitrogens with zero attached hydrogens (tertiary/aromatic N) is 1. The van der Waals surface area contributed by atoms with Gasteiger partial charge >= 0.3 is 12.2 Å². The molecule has 1 fully saturated rings. The molecule has 234 valence electrons. The predicted octanol–water partition coefficient (Wildman–Crippen LogP) is 3.92. The summed E-state index contributed by atoms with van der Waals surface area (Å²) in [4.78, 5) is 40.7. The van der Waals surface area contributed by atoms with Crippen LogP contribution in [0, 0.1) is 11.6 Å². The quantitative estimate of drug-likeness (QED) is 0.205. The van der Waals surface area contributed by atoms with Gasteiger partial charge in [0.2, 0.25) is 11.5 Å². The summed E-state index contributed by atoms with van der Waals surface area (Å²) in [6.45, 7) is 0.0921. The maximum Gasteiger partial charge on any atom is 0.424 e. The smallest absolute Gasteiger partial charge is 0.424 e. The van der Waals surface area contributed by atoms with Gasteiger partial charge in [-0.3, -0.25) is 9.59 Å². The Labute approximate surface area is 247 Å². The summed E-state index contributed by atoms with van der Waals surface area (Å²) in [5.74, 6) is -3.85. The van der Waals surface area contributed by atoms with Gasteiger partial charge in [-0.1, -0.05) is 0 Å². The Balaban J connectivity index is 1.70. The first-order chi connectivity index (χ1) is 20.7. The van der Waals surface area contributed by atoms with Gasteiger partial charge in [0.25, 0.3) is 5.91 Å². The largest absolute Gasteiger partial charge is 0.491 e. The Bertz CT molecular complexity index is 1560. The number of urea groups is 1. The number of rotatable bonds is 11. The van der Waals surface area contributed by atoms with E-state index in [1.807, 2.05) is 5.32 Å². The van der Waals surface area contributed by atoms with Crippen LogP contribution in [0.25, 0.3) is 11.3 Å². The monoisotopic (exact) mass is 621 g/mol. The highest BCUT2D eigenvalue weighted by atomic mass is 19.4. The van der Waals surface area contributed by atoms with Crippen LogP contribution in [0.5, 0.6) is 5.75 Å². The Morgan fingerprint density at radius 2 is 1.73 bits per heavy atom. The second-order valence-electron chi connectivity index (χ2n) is 10.1. The maximum atomic E-state index is 14.5. The van der Waals surface area contributed by atoms with Crippen molar-refractivity contribution in [2.75, 3.05) is 18.5 Å². The van der Waals surface area contributed by atoms with E-state index in [2.05, 4.69) is 15.6 Å². The highest BCUT2D eigenvalue weighted by Gasteiger charge is 2.56. The number of amides is 4. The molecule has 4 amide bonds. The Morgan fingerprint density at radius 3 is 2.32 bits per heavy atom. The predicted molar refractivity (Wildman–Crippen MR) is 148 cm³/mol. The Morgan fingerprint density at radius 1 is 1.05 bits per heavy atom. The van der Waals surface area contributed by atoms with Crippen molar-refractivity contribution in [3.8, 4) is 17.0 Å². The van der Waals surface area contributed by atoms with E-state index < -0.39 is 65.5 Å². The molecule has 4 rings (SSSR count). The van der Waals surface area contributed by atoms with E-state index in [0.717, 1.165) is 49.2 Å². The highest BCUT2D eigenvalue weighted by Crippen LogP contribution is 2.42. The molecule has 1 aliphatic carbocycles. The minimum atomic E-state index is -5.44. The number of alkyl halides is 3. The summed E-state index contributed by atoms with van der Waals surface area (Å²) in [6, 6.07) is 7.29. The lowest BCUT2D eigenvalue weighted by molar-refractivity contribution is -0.265. The number of nitrogens with two attached hydrogens (primary N) is 1. The van der Waals surface area contributed by atoms with Crippen molar-refractivity contribution >= 4 is 23.5 Å². The number of pyridine rings is 1. The minimum absolute atomic E-state index is 0.00724. The zero-order chi connectivity index (χ0) is 32.2. The number of carbonyl (C=O) groups excluding carboxylic acids is 3. The van der Waals surface area contributed by atoms with Gasteiger partial charge in [-0.25, -0.2) is 18.6 Å². The van der Waals surface area contributed by atoms with Crippen LogP contribution in [-0.4, -0.2) is 53.3 Å². The Kier molecular flexibility index (Phi) is 9.37. The van der Waals surface area contributed by atoms with Crippen LogP contribution in [0.3, 0.4) is 0 Å². The molecule has 1 aliphatic rings. The van der Waals surface area contributed by atoms with E-state index >= 15 is 0 Å². The number of carbonyl (C=O) groups is 3. The molecule has 2 aromatic carbocycles. The van der Waals surface area contributed by atoms with Crippen LogP contribution >= 0.6 is 0 Å². The zero-order valence-electron chi connectivity index (χ0n) is 23.2. The highest BCUT2D eigenvalue weighted by molar-refractivity contribution is 5.97. The zero-order valence-corrected chi connectivity index (χ0v) is 23.2. The van der Waals surface area contributed by atoms with E-state index in [9.17, 15) is 41.4 Å². The Hall–Kier alpha value is -4.79. The van der Waals surface area contributed by atoms with Crippen molar-refractivity contribution in [3.63, 3.8) is 0 Å². The third-order valence-electron chi connectivity index (χ3n) is 6.55. The number of primary amides is 1. The van der Waals surface area contributed by atoms with Gasteiger partial charge in [0.05, 0.1) is 25.3 Å². The number of hydrogen-bond donors (Lipinski definition) is 5. The lowest BCUT2D eigenvalue weighted by Crippen LogP contribution is -2.51. The second-order valence-corrected chi connectivity index (χ2v) is 10.1. The molecule has 3 aromatic rings. The summed E-state index contributed by atoms with van der Waals surface area (Å²) in [5, 5.41) is 18.0. The molecule has 1 saturated carbocycles. The molecule has 6 N–H and O–H groups in total. The van der Waals surface area contributed by atoms with Crippen molar-refractivity contribution in [3.05, 3.63) is 77.0 Å². The van der Waals surface area contributed by atoms with Gasteiger partial charge in [0, 0.05) is 28.4 Å². The number of nitrogens with one attached hydrogen (secondary N) is 3. The average molecular weight is 622 g/mol. The van der Waals surface area contributed by atoms with E-state index in [-0.39, 0.29) is 40.9 Å². The van der Waals surface area contributed by atoms with E-state index in [4.69, 9.17) is 10.5 Å². The number of aliphatic hydroxyl groups is 1. The van der Waals surface area contributed by atoms with Crippen LogP contribution in [0.1, 0.15) is 41.4 Å². The summed E-state index contributed by atoms with van der Waals surface area (Å²) in [7, 11) is 0. The summed E-state index contributed by atoms with van der Waals surface area (Å²) < 4.78 is 77.0. The van der Waals surface area contributed by atoms with Crippen molar-refractivity contribution in [1.82, 2.24) is 15.6 Å². The van der Waals surface area contributed by atoms with Crippen molar-refractivity contribution in [2.24, 2.45) is 5.73 Å². The first-order valence-corrected chi connectivity index (χ1v) is 13.4. The number of aromatic nitrogens is 1. The number of anilines is 1. The summed E-state index contributed by atoms with van der Waals surface area (Å²) in [6.07, 6.45) is -4.48. The minimum Gasteiger partial charge on any atom is -0.491 e. The molecule has 0 unspecified atom stereocenters. The van der Waals surface area contributed by atoms with Crippen LogP contribution in [0.15, 0.2) is 48.5 Å². The van der Waals surface area contributed by atoms with Crippen LogP contribution in [0.2, 0.25) is 0 Å². The topological polar surface area (TPSA) is 156 Å². The lowest BCUT2D eigenvalue weighted by atomic mass is 9.93. The molecule has 1 aromatic heterocycles. The van der Waals surface area contributed by atoms with Crippen LogP contribution in [-0.2, 0) is 16.8 Å². The first kappa shape index (κ1) is 32.1. The number of ether oxygens (including phenoxy) is 1. The average Bonchev–Trinajstić information content (AvgIpc) is 3.75. The maximum absolute atomic E-state index is 14.5. The molecule has 44 heavy (non-hydrogen) atoms. The molecule has 15 heteroatoms. The standard InChI is InChI=1S/C29H28F5N5O5/c1-2-44-25-16(12-23(35)40)11-22(39-24(25)15-3-5-18(30)6-4-15)28(43,29(32,33)34)14-36-26(41)17-9-19(31)13-21(10-17)38-27(42)37-20-7-8-20/h3-6,9-11,13,20,43H,2,7-8,12,14H2,1H3,(H2,35,40)(H,36,41)(H2,37,38,42)/t28-/m0/s1. The molecular formula is C29H28F5N5O5. The molecule has 0 radical (unpaired) electrons. The first-order valence-electron chi connectivity index (χ1n) is 13.4. The molecule has 0 spiro atoms. The lowest BCUT2D eigenvalue weighted by Gasteiger charge is -2.31. The molecule has 0 aliphatic heterocycles. The van der Waals surface area contributed by atoms with Gasteiger partial charge in [0.15, 0.2) is 0 Å². The molecule has 1 atom stereocenters. The molecule has 0 bridgehead atoms. The van der Waals surface area contributed by atoms with Crippen molar-refractivity contribution in [1.29, 1.82) is 0 Å². The fourth-order valence-electron chi connectivity index (χ4n) is 4.25. The molecule has 1 heterocycles. The number of hydrogen-bond acceptors (Lipinski definition) is 6.